The van der Waals surface area contributed by atoms with E-state index >= 15 is 0 Å². The van der Waals surface area contributed by atoms with Gasteiger partial charge in [-0.05, 0) is 25.8 Å². The highest BCUT2D eigenvalue weighted by atomic mass is 32.2. The molecule has 0 spiro atoms. The zero-order valence-corrected chi connectivity index (χ0v) is 13.1. The van der Waals surface area contributed by atoms with Crippen LogP contribution < -0.4 is 10.0 Å². The molecule has 3 heterocycles. The van der Waals surface area contributed by atoms with Gasteiger partial charge < -0.3 is 14.6 Å². The van der Waals surface area contributed by atoms with E-state index in [0.29, 0.717) is 13.2 Å². The van der Waals surface area contributed by atoms with Crippen molar-refractivity contribution in [2.24, 2.45) is 0 Å². The van der Waals surface area contributed by atoms with E-state index in [-0.39, 0.29) is 10.6 Å². The molecule has 1 unspecified atom stereocenters. The van der Waals surface area contributed by atoms with E-state index in [2.05, 4.69) is 15.0 Å². The predicted octanol–water partition coefficient (Wildman–Crippen LogP) is -0.124. The van der Waals surface area contributed by atoms with Crippen molar-refractivity contribution in [1.82, 2.24) is 19.6 Å². The number of hydrogen-bond donors (Lipinski definition) is 2. The lowest BCUT2D eigenvalue weighted by Crippen LogP contribution is -2.53. The van der Waals surface area contributed by atoms with Gasteiger partial charge in [0.2, 0.25) is 0 Å². The molecule has 0 aliphatic carbocycles. The second-order valence-electron chi connectivity index (χ2n) is 5.84. The zero-order chi connectivity index (χ0) is 14.9. The van der Waals surface area contributed by atoms with Gasteiger partial charge in [0.1, 0.15) is 5.82 Å². The smallest absolute Gasteiger partial charge is 0.257 e. The van der Waals surface area contributed by atoms with Crippen LogP contribution in [0.3, 0.4) is 0 Å². The first-order valence-electron chi connectivity index (χ1n) is 7.34. The molecule has 1 aromatic heterocycles. The number of aryl methyl sites for hydroxylation is 1. The van der Waals surface area contributed by atoms with E-state index in [9.17, 15) is 8.42 Å². The first kappa shape index (κ1) is 15.0. The average Bonchev–Trinajstić information content (AvgIpc) is 3.13. The van der Waals surface area contributed by atoms with E-state index in [1.165, 1.54) is 6.20 Å². The molecular formula is C13H22N4O3S. The van der Waals surface area contributed by atoms with Gasteiger partial charge in [0, 0.05) is 26.6 Å². The van der Waals surface area contributed by atoms with E-state index in [1.807, 2.05) is 0 Å². The molecule has 0 saturated carbocycles. The molecule has 0 amide bonds. The van der Waals surface area contributed by atoms with Gasteiger partial charge in [0.05, 0.1) is 18.3 Å². The highest BCUT2D eigenvalue weighted by Crippen LogP contribution is 2.22. The van der Waals surface area contributed by atoms with Gasteiger partial charge in [-0.1, -0.05) is 0 Å². The van der Waals surface area contributed by atoms with Crippen molar-refractivity contribution in [3.8, 4) is 0 Å². The van der Waals surface area contributed by atoms with E-state index in [4.69, 9.17) is 4.74 Å². The third-order valence-corrected chi connectivity index (χ3v) is 5.71. The number of methoxy groups -OCH3 is 1. The van der Waals surface area contributed by atoms with E-state index < -0.39 is 10.0 Å². The van der Waals surface area contributed by atoms with Gasteiger partial charge in [-0.25, -0.2) is 18.1 Å². The largest absolute Gasteiger partial charge is 0.383 e. The molecule has 1 fully saturated rings. The van der Waals surface area contributed by atoms with Crippen LogP contribution in [0.25, 0.3) is 0 Å². The summed E-state index contributed by atoms with van der Waals surface area (Å²) >= 11 is 0. The van der Waals surface area contributed by atoms with Gasteiger partial charge in [0.15, 0.2) is 5.03 Å². The Morgan fingerprint density at radius 1 is 1.52 bits per heavy atom. The number of hydrogen-bond acceptors (Lipinski definition) is 5. The number of nitrogens with zero attached hydrogens (tertiary/aromatic N) is 2. The molecule has 1 saturated heterocycles. The highest BCUT2D eigenvalue weighted by molar-refractivity contribution is 7.89. The molecule has 21 heavy (non-hydrogen) atoms. The highest BCUT2D eigenvalue weighted by Gasteiger charge is 2.35. The van der Waals surface area contributed by atoms with Crippen LogP contribution in [0.15, 0.2) is 11.2 Å². The number of fused-ring (bicyclic) bond motifs is 1. The van der Waals surface area contributed by atoms with Crippen molar-refractivity contribution < 1.29 is 13.2 Å². The Kier molecular flexibility index (Phi) is 4.04. The first-order chi connectivity index (χ1) is 10.1. The van der Waals surface area contributed by atoms with Crippen molar-refractivity contribution in [1.29, 1.82) is 0 Å². The molecule has 0 aromatic carbocycles. The Balaban J connectivity index is 1.74. The van der Waals surface area contributed by atoms with Crippen molar-refractivity contribution in [3.63, 3.8) is 0 Å². The number of ether oxygens (including phenoxy) is 1. The maximum absolute atomic E-state index is 12.5. The molecule has 0 radical (unpaired) electrons. The van der Waals surface area contributed by atoms with Crippen LogP contribution in [0.1, 0.15) is 25.1 Å². The van der Waals surface area contributed by atoms with Crippen molar-refractivity contribution in [2.45, 2.75) is 42.8 Å². The standard InChI is InChI=1S/C13H22N4O3S/c1-20-10-13(5-3-6-15-13)9-16-21(18,19)12-8-14-11-4-2-7-17(11)12/h8,15-16H,2-7,9-10H2,1H3. The van der Waals surface area contributed by atoms with Crippen molar-refractivity contribution in [3.05, 3.63) is 12.0 Å². The minimum absolute atomic E-state index is 0.278. The monoisotopic (exact) mass is 314 g/mol. The summed E-state index contributed by atoms with van der Waals surface area (Å²) < 4.78 is 34.8. The summed E-state index contributed by atoms with van der Waals surface area (Å²) in [7, 11) is -1.89. The summed E-state index contributed by atoms with van der Waals surface area (Å²) in [5.41, 5.74) is -0.296. The molecular weight excluding hydrogens is 292 g/mol. The van der Waals surface area contributed by atoms with E-state index in [1.54, 1.807) is 11.7 Å². The Bertz CT molecular complexity index is 605. The molecule has 3 rings (SSSR count). The number of rotatable bonds is 6. The van der Waals surface area contributed by atoms with Crippen LogP contribution in [0.2, 0.25) is 0 Å². The zero-order valence-electron chi connectivity index (χ0n) is 12.3. The van der Waals surface area contributed by atoms with Crippen LogP contribution in [-0.4, -0.2) is 50.3 Å². The number of aromatic nitrogens is 2. The van der Waals surface area contributed by atoms with Crippen LogP contribution >= 0.6 is 0 Å². The van der Waals surface area contributed by atoms with Gasteiger partial charge in [-0.15, -0.1) is 0 Å². The minimum Gasteiger partial charge on any atom is -0.383 e. The number of sulfonamides is 1. The molecule has 2 aliphatic heterocycles. The third kappa shape index (κ3) is 2.85. The lowest BCUT2D eigenvalue weighted by Gasteiger charge is -2.28. The summed E-state index contributed by atoms with van der Waals surface area (Å²) in [5.74, 6) is 0.862. The Morgan fingerprint density at radius 3 is 3.10 bits per heavy atom. The first-order valence-corrected chi connectivity index (χ1v) is 8.83. The molecule has 2 aliphatic rings. The summed E-state index contributed by atoms with van der Waals surface area (Å²) in [6, 6.07) is 0. The third-order valence-electron chi connectivity index (χ3n) is 4.31. The van der Waals surface area contributed by atoms with Crippen LogP contribution in [0.4, 0.5) is 0 Å². The molecule has 7 nitrogen and oxygen atoms in total. The summed E-state index contributed by atoms with van der Waals surface area (Å²) in [5, 5.41) is 3.65. The lowest BCUT2D eigenvalue weighted by atomic mass is 9.99. The molecule has 8 heteroatoms. The topological polar surface area (TPSA) is 85.2 Å². The molecule has 1 aromatic rings. The second-order valence-corrected chi connectivity index (χ2v) is 7.55. The minimum atomic E-state index is -3.53. The van der Waals surface area contributed by atoms with Gasteiger partial charge in [-0.3, -0.25) is 0 Å². The Morgan fingerprint density at radius 2 is 2.38 bits per heavy atom. The van der Waals surface area contributed by atoms with Crippen molar-refractivity contribution >= 4 is 10.0 Å². The van der Waals surface area contributed by atoms with Gasteiger partial charge in [-0.2, -0.15) is 0 Å². The summed E-state index contributed by atoms with van der Waals surface area (Å²) in [4.78, 5) is 4.20. The number of nitrogens with one attached hydrogen (secondary N) is 2. The van der Waals surface area contributed by atoms with Crippen LogP contribution in [-0.2, 0) is 27.7 Å². The maximum atomic E-state index is 12.5. The van der Waals surface area contributed by atoms with Crippen LogP contribution in [0, 0.1) is 0 Å². The fourth-order valence-corrected chi connectivity index (χ4v) is 4.51. The quantitative estimate of drug-likeness (QED) is 0.764. The van der Waals surface area contributed by atoms with Crippen molar-refractivity contribution in [2.75, 3.05) is 26.8 Å². The Labute approximate surface area is 125 Å². The molecule has 118 valence electrons. The lowest BCUT2D eigenvalue weighted by molar-refractivity contribution is 0.122. The Hall–Kier alpha value is -0.960. The summed E-state index contributed by atoms with van der Waals surface area (Å²) in [6.07, 6.45) is 5.22. The maximum Gasteiger partial charge on any atom is 0.257 e. The normalized spacial score (nSPS) is 25.4. The summed E-state index contributed by atoms with van der Waals surface area (Å²) in [6.45, 7) is 2.46. The van der Waals surface area contributed by atoms with E-state index in [0.717, 1.165) is 44.6 Å². The average molecular weight is 314 g/mol. The second kappa shape index (κ2) is 5.68. The fourth-order valence-electron chi connectivity index (χ4n) is 3.22. The number of imidazole rings is 1. The molecule has 2 N–H and O–H groups in total. The van der Waals surface area contributed by atoms with Crippen LogP contribution in [0.5, 0.6) is 0 Å². The van der Waals surface area contributed by atoms with Gasteiger partial charge in [0.25, 0.3) is 10.0 Å². The SMILES string of the molecule is COCC1(CNS(=O)(=O)c2cnc3n2CCC3)CCCN1. The predicted molar refractivity (Wildman–Crippen MR) is 77.6 cm³/mol. The molecule has 0 bridgehead atoms. The van der Waals surface area contributed by atoms with Gasteiger partial charge >= 0.3 is 0 Å². The fraction of sp³-hybridized carbons (Fsp3) is 0.769. The molecule has 1 atom stereocenters.